The molecule has 0 spiro atoms. The van der Waals surface area contributed by atoms with E-state index >= 15 is 0 Å². The van der Waals surface area contributed by atoms with Crippen LogP contribution in [0.25, 0.3) is 0 Å². The third-order valence-electron chi connectivity index (χ3n) is 5.21. The van der Waals surface area contributed by atoms with Gasteiger partial charge in [0, 0.05) is 29.7 Å². The summed E-state index contributed by atoms with van der Waals surface area (Å²) in [4.78, 5) is 40.6. The molecule has 1 aromatic carbocycles. The Labute approximate surface area is 169 Å². The Balaban J connectivity index is 1.69. The number of carbonyl (C=O) groups is 3. The first-order valence-electron chi connectivity index (χ1n) is 9.89. The monoisotopic (exact) mass is 395 g/mol. The summed E-state index contributed by atoms with van der Waals surface area (Å²) in [6, 6.07) is 9.54. The minimum absolute atomic E-state index is 0.318. The molecule has 2 aromatic rings. The Morgan fingerprint density at radius 2 is 1.69 bits per heavy atom. The number of pyridine rings is 1. The molecule has 7 heteroatoms. The summed E-state index contributed by atoms with van der Waals surface area (Å²) in [5, 5.41) is 15.2. The van der Waals surface area contributed by atoms with Crippen molar-refractivity contribution in [3.63, 3.8) is 0 Å². The normalized spacial score (nSPS) is 19.4. The van der Waals surface area contributed by atoms with Crippen LogP contribution in [0.5, 0.6) is 0 Å². The highest BCUT2D eigenvalue weighted by Gasteiger charge is 2.30. The molecule has 1 fully saturated rings. The van der Waals surface area contributed by atoms with Crippen molar-refractivity contribution in [2.45, 2.75) is 44.6 Å². The van der Waals surface area contributed by atoms with E-state index in [1.165, 1.54) is 6.20 Å². The highest BCUT2D eigenvalue weighted by atomic mass is 16.4. The third kappa shape index (κ3) is 5.63. The minimum atomic E-state index is -0.866. The van der Waals surface area contributed by atoms with E-state index in [0.717, 1.165) is 25.7 Å². The summed E-state index contributed by atoms with van der Waals surface area (Å²) in [6.07, 6.45) is 8.11. The summed E-state index contributed by atoms with van der Waals surface area (Å²) >= 11 is 0. The van der Waals surface area contributed by atoms with E-state index in [9.17, 15) is 19.5 Å². The zero-order chi connectivity index (χ0) is 20.6. The number of benzene rings is 1. The zero-order valence-corrected chi connectivity index (χ0v) is 16.1. The lowest BCUT2D eigenvalue weighted by Crippen LogP contribution is -2.43. The molecule has 0 aliphatic heterocycles. The molecule has 3 rings (SSSR count). The smallest absolute Gasteiger partial charge is 0.308 e. The van der Waals surface area contributed by atoms with Gasteiger partial charge >= 0.3 is 5.97 Å². The second-order valence-corrected chi connectivity index (χ2v) is 7.29. The van der Waals surface area contributed by atoms with Crippen molar-refractivity contribution in [1.82, 2.24) is 10.3 Å². The predicted octanol–water partition coefficient (Wildman–Crippen LogP) is 3.49. The fraction of sp³-hybridized carbons (Fsp3) is 0.364. The maximum atomic E-state index is 12.8. The van der Waals surface area contributed by atoms with Gasteiger partial charge in [0.15, 0.2) is 0 Å². The number of carboxylic acids is 1. The molecule has 2 atom stereocenters. The van der Waals surface area contributed by atoms with Crippen LogP contribution in [0.4, 0.5) is 5.69 Å². The predicted molar refractivity (Wildman–Crippen MR) is 109 cm³/mol. The molecule has 0 radical (unpaired) electrons. The van der Waals surface area contributed by atoms with Gasteiger partial charge in [-0.05, 0) is 43.2 Å². The molecule has 0 bridgehead atoms. The number of anilines is 1. The molecule has 2 amide bonds. The zero-order valence-electron chi connectivity index (χ0n) is 16.1. The second kappa shape index (κ2) is 9.82. The molecule has 7 nitrogen and oxygen atoms in total. The van der Waals surface area contributed by atoms with Crippen LogP contribution in [0.1, 0.15) is 59.2 Å². The highest BCUT2D eigenvalue weighted by Crippen LogP contribution is 2.24. The minimum Gasteiger partial charge on any atom is -0.481 e. The van der Waals surface area contributed by atoms with E-state index in [4.69, 9.17) is 0 Å². The standard InChI is InChI=1S/C22H25N3O4/c26-20(25-19-11-4-2-1-3-10-18(19)22(28)29)15-7-5-9-17(13-15)24-21(27)16-8-6-12-23-14-16/h5-9,12-14,18-19H,1-4,10-11H2,(H,24,27)(H,25,26)(H,28,29). The van der Waals surface area contributed by atoms with Crippen molar-refractivity contribution < 1.29 is 19.5 Å². The number of aromatic nitrogens is 1. The molecule has 1 saturated carbocycles. The quantitative estimate of drug-likeness (QED) is 0.718. The molecular formula is C22H25N3O4. The van der Waals surface area contributed by atoms with Crippen molar-refractivity contribution in [3.05, 3.63) is 59.9 Å². The topological polar surface area (TPSA) is 108 Å². The maximum absolute atomic E-state index is 12.8. The first-order valence-corrected chi connectivity index (χ1v) is 9.89. The Morgan fingerprint density at radius 1 is 0.931 bits per heavy atom. The van der Waals surface area contributed by atoms with E-state index < -0.39 is 17.9 Å². The van der Waals surface area contributed by atoms with Gasteiger partial charge in [-0.15, -0.1) is 0 Å². The van der Waals surface area contributed by atoms with Gasteiger partial charge in [-0.1, -0.05) is 31.7 Å². The molecule has 152 valence electrons. The molecule has 1 aliphatic carbocycles. The van der Waals surface area contributed by atoms with Crippen LogP contribution in [0.2, 0.25) is 0 Å². The number of aliphatic carboxylic acids is 1. The summed E-state index contributed by atoms with van der Waals surface area (Å²) in [6.45, 7) is 0. The average Bonchev–Trinajstić information content (AvgIpc) is 2.70. The van der Waals surface area contributed by atoms with Gasteiger partial charge in [-0.2, -0.15) is 0 Å². The fourth-order valence-corrected chi connectivity index (χ4v) is 3.64. The van der Waals surface area contributed by atoms with E-state index in [0.29, 0.717) is 29.7 Å². The lowest BCUT2D eigenvalue weighted by atomic mass is 9.86. The molecule has 1 aliphatic rings. The van der Waals surface area contributed by atoms with Crippen molar-refractivity contribution in [1.29, 1.82) is 0 Å². The SMILES string of the molecule is O=C(Nc1cccc(C(=O)NC2CCCCCCC2C(=O)O)c1)c1cccnc1. The van der Waals surface area contributed by atoms with Crippen LogP contribution in [0.3, 0.4) is 0 Å². The first kappa shape index (κ1) is 20.5. The highest BCUT2D eigenvalue weighted by molar-refractivity contribution is 6.05. The van der Waals surface area contributed by atoms with E-state index in [1.54, 1.807) is 42.6 Å². The van der Waals surface area contributed by atoms with Gasteiger partial charge < -0.3 is 15.7 Å². The Hall–Kier alpha value is -3.22. The molecule has 29 heavy (non-hydrogen) atoms. The molecule has 2 unspecified atom stereocenters. The van der Waals surface area contributed by atoms with Crippen molar-refractivity contribution >= 4 is 23.5 Å². The van der Waals surface area contributed by atoms with Crippen molar-refractivity contribution in [2.75, 3.05) is 5.32 Å². The van der Waals surface area contributed by atoms with E-state index in [-0.39, 0.29) is 11.8 Å². The second-order valence-electron chi connectivity index (χ2n) is 7.29. The van der Waals surface area contributed by atoms with Crippen molar-refractivity contribution in [2.24, 2.45) is 5.92 Å². The number of hydrogen-bond donors (Lipinski definition) is 3. The summed E-state index contributed by atoms with van der Waals surface area (Å²) in [5.41, 5.74) is 1.28. The van der Waals surface area contributed by atoms with Gasteiger partial charge in [-0.3, -0.25) is 19.4 Å². The van der Waals surface area contributed by atoms with Crippen molar-refractivity contribution in [3.8, 4) is 0 Å². The molecule has 3 N–H and O–H groups in total. The van der Waals surface area contributed by atoms with Gasteiger partial charge in [-0.25, -0.2) is 0 Å². The van der Waals surface area contributed by atoms with Gasteiger partial charge in [0.1, 0.15) is 0 Å². The number of nitrogens with zero attached hydrogens (tertiary/aromatic N) is 1. The largest absolute Gasteiger partial charge is 0.481 e. The maximum Gasteiger partial charge on any atom is 0.308 e. The lowest BCUT2D eigenvalue weighted by molar-refractivity contribution is -0.143. The Bertz CT molecular complexity index is 869. The molecular weight excluding hydrogens is 370 g/mol. The Kier molecular flexibility index (Phi) is 6.94. The lowest BCUT2D eigenvalue weighted by Gasteiger charge is -2.27. The number of hydrogen-bond acceptors (Lipinski definition) is 4. The number of carboxylic acid groups (broad SMARTS) is 1. The van der Waals surface area contributed by atoms with Gasteiger partial charge in [0.2, 0.25) is 0 Å². The van der Waals surface area contributed by atoms with Crippen LogP contribution in [0, 0.1) is 5.92 Å². The fourth-order valence-electron chi connectivity index (χ4n) is 3.64. The van der Waals surface area contributed by atoms with E-state index in [1.807, 2.05) is 0 Å². The van der Waals surface area contributed by atoms with Crippen LogP contribution < -0.4 is 10.6 Å². The van der Waals surface area contributed by atoms with Crippen LogP contribution >= 0.6 is 0 Å². The third-order valence-corrected chi connectivity index (χ3v) is 5.21. The number of nitrogens with one attached hydrogen (secondary N) is 2. The van der Waals surface area contributed by atoms with Crippen LogP contribution in [-0.2, 0) is 4.79 Å². The van der Waals surface area contributed by atoms with Crippen LogP contribution in [-0.4, -0.2) is 33.9 Å². The van der Waals surface area contributed by atoms with Crippen LogP contribution in [0.15, 0.2) is 48.8 Å². The average molecular weight is 395 g/mol. The number of carbonyl (C=O) groups excluding carboxylic acids is 2. The van der Waals surface area contributed by atoms with Gasteiger partial charge in [0.05, 0.1) is 11.5 Å². The van der Waals surface area contributed by atoms with E-state index in [2.05, 4.69) is 15.6 Å². The number of amides is 2. The van der Waals surface area contributed by atoms with Gasteiger partial charge in [0.25, 0.3) is 11.8 Å². The molecule has 1 aromatic heterocycles. The Morgan fingerprint density at radius 3 is 2.41 bits per heavy atom. The first-order chi connectivity index (χ1) is 14.0. The summed E-state index contributed by atoms with van der Waals surface area (Å²) < 4.78 is 0. The summed E-state index contributed by atoms with van der Waals surface area (Å²) in [7, 11) is 0. The molecule has 0 saturated heterocycles. The summed E-state index contributed by atoms with van der Waals surface area (Å²) in [5.74, 6) is -2.09. The molecule has 1 heterocycles. The number of rotatable bonds is 5.